The van der Waals surface area contributed by atoms with Crippen molar-refractivity contribution in [3.63, 3.8) is 0 Å². The van der Waals surface area contributed by atoms with Gasteiger partial charge >= 0.3 is 0 Å². The standard InChI is InChI=1S/C24H32F2/c1-3-5-6-19-7-10-20(11-8-19)21-12-14-22(15-13-21)23-16-9-18(4-2)17-24(23,25)26/h3-4,7-8,10-11,18,21-23H,1-2,5-6,9,12-17H2. The zero-order chi connectivity index (χ0) is 18.6. The summed E-state index contributed by atoms with van der Waals surface area (Å²) in [5, 5.41) is 0. The van der Waals surface area contributed by atoms with Crippen molar-refractivity contribution < 1.29 is 8.78 Å². The van der Waals surface area contributed by atoms with Crippen LogP contribution in [0.15, 0.2) is 49.6 Å². The Morgan fingerprint density at radius 3 is 2.23 bits per heavy atom. The summed E-state index contributed by atoms with van der Waals surface area (Å²) in [5.74, 6) is -2.20. The first-order valence-corrected chi connectivity index (χ1v) is 10.2. The van der Waals surface area contributed by atoms with Gasteiger partial charge in [0.25, 0.3) is 5.92 Å². The number of hydrogen-bond acceptors (Lipinski definition) is 0. The molecule has 2 saturated carbocycles. The van der Waals surface area contributed by atoms with E-state index in [1.807, 2.05) is 6.08 Å². The summed E-state index contributed by atoms with van der Waals surface area (Å²) >= 11 is 0. The Bertz CT molecular complexity index is 593. The third-order valence-electron chi connectivity index (χ3n) is 6.69. The van der Waals surface area contributed by atoms with Gasteiger partial charge in [-0.15, -0.1) is 13.2 Å². The lowest BCUT2D eigenvalue weighted by Gasteiger charge is -2.42. The first-order chi connectivity index (χ1) is 12.5. The fourth-order valence-corrected chi connectivity index (χ4v) is 5.07. The van der Waals surface area contributed by atoms with Crippen molar-refractivity contribution in [2.75, 3.05) is 0 Å². The first kappa shape index (κ1) is 19.3. The van der Waals surface area contributed by atoms with Gasteiger partial charge in [-0.1, -0.05) is 36.4 Å². The lowest BCUT2D eigenvalue weighted by molar-refractivity contribution is -0.121. The molecule has 0 heterocycles. The maximum Gasteiger partial charge on any atom is 0.251 e. The Hall–Kier alpha value is -1.44. The average Bonchev–Trinajstić information content (AvgIpc) is 2.66. The maximum atomic E-state index is 14.6. The van der Waals surface area contributed by atoms with Crippen LogP contribution in [0, 0.1) is 17.8 Å². The van der Waals surface area contributed by atoms with Crippen LogP contribution in [0.5, 0.6) is 0 Å². The highest BCUT2D eigenvalue weighted by atomic mass is 19.3. The van der Waals surface area contributed by atoms with Crippen LogP contribution >= 0.6 is 0 Å². The van der Waals surface area contributed by atoms with Crippen molar-refractivity contribution in [1.29, 1.82) is 0 Å². The van der Waals surface area contributed by atoms with E-state index in [1.165, 1.54) is 11.1 Å². The summed E-state index contributed by atoms with van der Waals surface area (Å²) in [6.07, 6.45) is 11.3. The first-order valence-electron chi connectivity index (χ1n) is 10.2. The zero-order valence-electron chi connectivity index (χ0n) is 15.8. The number of benzene rings is 1. The maximum absolute atomic E-state index is 14.6. The lowest BCUT2D eigenvalue weighted by atomic mass is 9.66. The van der Waals surface area contributed by atoms with Crippen LogP contribution in [0.25, 0.3) is 0 Å². The van der Waals surface area contributed by atoms with Crippen molar-refractivity contribution in [2.24, 2.45) is 17.8 Å². The molecule has 2 heteroatoms. The van der Waals surface area contributed by atoms with Crippen molar-refractivity contribution in [3.8, 4) is 0 Å². The van der Waals surface area contributed by atoms with Gasteiger partial charge in [0.1, 0.15) is 0 Å². The third-order valence-corrected chi connectivity index (χ3v) is 6.69. The van der Waals surface area contributed by atoms with Gasteiger partial charge in [-0.2, -0.15) is 0 Å². The number of alkyl halides is 2. The molecule has 2 fully saturated rings. The topological polar surface area (TPSA) is 0 Å². The number of hydrogen-bond donors (Lipinski definition) is 0. The summed E-state index contributed by atoms with van der Waals surface area (Å²) in [6, 6.07) is 8.92. The molecule has 0 amide bonds. The van der Waals surface area contributed by atoms with Crippen LogP contribution in [0.4, 0.5) is 8.78 Å². The van der Waals surface area contributed by atoms with Gasteiger partial charge in [-0.3, -0.25) is 0 Å². The Kier molecular flexibility index (Phi) is 6.32. The number of halogens is 2. The molecule has 0 N–H and O–H groups in total. The van der Waals surface area contributed by atoms with Gasteiger partial charge in [0, 0.05) is 12.3 Å². The summed E-state index contributed by atoms with van der Waals surface area (Å²) in [7, 11) is 0. The molecule has 0 spiro atoms. The molecule has 2 aliphatic rings. The highest BCUT2D eigenvalue weighted by Crippen LogP contribution is 2.50. The van der Waals surface area contributed by atoms with Crippen molar-refractivity contribution in [1.82, 2.24) is 0 Å². The van der Waals surface area contributed by atoms with Crippen LogP contribution in [-0.4, -0.2) is 5.92 Å². The molecule has 0 radical (unpaired) electrons. The van der Waals surface area contributed by atoms with Gasteiger partial charge in [0.2, 0.25) is 0 Å². The van der Waals surface area contributed by atoms with Crippen molar-refractivity contribution in [3.05, 3.63) is 60.7 Å². The molecule has 2 atom stereocenters. The monoisotopic (exact) mass is 358 g/mol. The molecule has 142 valence electrons. The molecule has 2 unspecified atom stereocenters. The second-order valence-electron chi connectivity index (χ2n) is 8.33. The van der Waals surface area contributed by atoms with Gasteiger partial charge in [-0.25, -0.2) is 8.78 Å². The molecular formula is C24H32F2. The molecule has 0 aliphatic heterocycles. The van der Waals surface area contributed by atoms with Crippen LogP contribution in [0.1, 0.15) is 68.4 Å². The Morgan fingerprint density at radius 1 is 0.962 bits per heavy atom. The predicted molar refractivity (Wildman–Crippen MR) is 106 cm³/mol. The molecule has 0 aromatic heterocycles. The van der Waals surface area contributed by atoms with Crippen LogP contribution < -0.4 is 0 Å². The summed E-state index contributed by atoms with van der Waals surface area (Å²) in [6.45, 7) is 7.49. The third kappa shape index (κ3) is 4.45. The lowest BCUT2D eigenvalue weighted by Crippen LogP contribution is -2.40. The molecule has 1 aromatic carbocycles. The van der Waals surface area contributed by atoms with E-state index >= 15 is 0 Å². The van der Waals surface area contributed by atoms with E-state index in [0.29, 0.717) is 12.3 Å². The normalized spacial score (nSPS) is 31.3. The van der Waals surface area contributed by atoms with Crippen molar-refractivity contribution >= 4 is 0 Å². The Balaban J connectivity index is 1.55. The molecule has 2 aliphatic carbocycles. The van der Waals surface area contributed by atoms with E-state index in [0.717, 1.165) is 44.9 Å². The molecular weight excluding hydrogens is 326 g/mol. The highest BCUT2D eigenvalue weighted by Gasteiger charge is 2.48. The van der Waals surface area contributed by atoms with E-state index in [-0.39, 0.29) is 18.3 Å². The fourth-order valence-electron chi connectivity index (χ4n) is 5.07. The summed E-state index contributed by atoms with van der Waals surface area (Å²) in [5.41, 5.74) is 2.73. The van der Waals surface area contributed by atoms with E-state index < -0.39 is 11.8 Å². The van der Waals surface area contributed by atoms with Crippen LogP contribution in [0.3, 0.4) is 0 Å². The number of rotatable bonds is 6. The minimum absolute atomic E-state index is 0.00260. The van der Waals surface area contributed by atoms with Crippen LogP contribution in [-0.2, 0) is 6.42 Å². The SMILES string of the molecule is C=CCCc1ccc(C2CCC(C3CCC(C=C)CC3(F)F)CC2)cc1. The quantitative estimate of drug-likeness (QED) is 0.467. The minimum Gasteiger partial charge on any atom is -0.207 e. The predicted octanol–water partition coefficient (Wildman–Crippen LogP) is 7.32. The molecule has 3 rings (SSSR count). The fraction of sp³-hybridized carbons (Fsp3) is 0.583. The highest BCUT2D eigenvalue weighted by molar-refractivity contribution is 5.26. The average molecular weight is 359 g/mol. The van der Waals surface area contributed by atoms with Gasteiger partial charge in [-0.05, 0) is 80.2 Å². The van der Waals surface area contributed by atoms with E-state index in [4.69, 9.17) is 0 Å². The minimum atomic E-state index is -2.51. The van der Waals surface area contributed by atoms with Gasteiger partial charge in [0.05, 0.1) is 0 Å². The second-order valence-corrected chi connectivity index (χ2v) is 8.33. The molecule has 26 heavy (non-hydrogen) atoms. The Labute approximate surface area is 157 Å². The van der Waals surface area contributed by atoms with E-state index in [9.17, 15) is 8.78 Å². The molecule has 1 aromatic rings. The summed E-state index contributed by atoms with van der Waals surface area (Å²) in [4.78, 5) is 0. The molecule has 0 nitrogen and oxygen atoms in total. The largest absolute Gasteiger partial charge is 0.251 e. The second kappa shape index (κ2) is 8.50. The van der Waals surface area contributed by atoms with E-state index in [2.05, 4.69) is 37.4 Å². The van der Waals surface area contributed by atoms with Crippen LogP contribution in [0.2, 0.25) is 0 Å². The molecule has 0 bridgehead atoms. The Morgan fingerprint density at radius 2 is 1.65 bits per heavy atom. The van der Waals surface area contributed by atoms with Gasteiger partial charge in [0.15, 0.2) is 0 Å². The molecule has 0 saturated heterocycles. The smallest absolute Gasteiger partial charge is 0.207 e. The number of aryl methyl sites for hydroxylation is 1. The van der Waals surface area contributed by atoms with E-state index in [1.54, 1.807) is 6.08 Å². The number of allylic oxidation sites excluding steroid dienone is 2. The van der Waals surface area contributed by atoms with Crippen molar-refractivity contribution in [2.45, 2.75) is 69.6 Å². The summed E-state index contributed by atoms with van der Waals surface area (Å²) < 4.78 is 29.2. The van der Waals surface area contributed by atoms with Gasteiger partial charge < -0.3 is 0 Å². The zero-order valence-corrected chi connectivity index (χ0v) is 15.8.